The minimum atomic E-state index is 0. The second kappa shape index (κ2) is 12.3. The molecule has 0 saturated heterocycles. The Balaban J connectivity index is 0.00000338. The van der Waals surface area contributed by atoms with Gasteiger partial charge in [-0.15, -0.1) is 24.0 Å². The number of halogens is 1. The van der Waals surface area contributed by atoms with Crippen molar-refractivity contribution in [1.82, 2.24) is 15.6 Å². The lowest BCUT2D eigenvalue weighted by Crippen LogP contribution is -2.38. The highest BCUT2D eigenvalue weighted by molar-refractivity contribution is 14.0. The number of aliphatic imine (C=N–C) groups is 1. The van der Waals surface area contributed by atoms with Crippen molar-refractivity contribution in [1.29, 1.82) is 0 Å². The molecule has 2 aromatic rings. The highest BCUT2D eigenvalue weighted by atomic mass is 127. The van der Waals surface area contributed by atoms with Gasteiger partial charge in [0, 0.05) is 24.8 Å². The molecule has 0 aliphatic carbocycles. The molecule has 0 radical (unpaired) electrons. The zero-order valence-corrected chi connectivity index (χ0v) is 17.8. The summed E-state index contributed by atoms with van der Waals surface area (Å²) in [7, 11) is 3.29. The minimum Gasteiger partial charge on any atom is -0.497 e. The summed E-state index contributed by atoms with van der Waals surface area (Å²) >= 11 is 0. The van der Waals surface area contributed by atoms with Gasteiger partial charge in [0.15, 0.2) is 5.96 Å². The van der Waals surface area contributed by atoms with Gasteiger partial charge in [0.2, 0.25) is 5.88 Å². The first-order valence-corrected chi connectivity index (χ1v) is 8.39. The highest BCUT2D eigenvalue weighted by Crippen LogP contribution is 2.14. The maximum absolute atomic E-state index is 5.26. The summed E-state index contributed by atoms with van der Waals surface area (Å²) in [4.78, 5) is 8.80. The Morgan fingerprint density at radius 2 is 1.85 bits per heavy atom. The molecule has 0 unspecified atom stereocenters. The van der Waals surface area contributed by atoms with E-state index in [0.29, 0.717) is 12.4 Å². The molecule has 1 aromatic heterocycles. The second-order valence-corrected chi connectivity index (χ2v) is 5.39. The normalized spacial score (nSPS) is 10.7. The number of nitrogens with zero attached hydrogens (tertiary/aromatic N) is 2. The van der Waals surface area contributed by atoms with Crippen LogP contribution in [-0.2, 0) is 13.0 Å². The van der Waals surface area contributed by atoms with Crippen molar-refractivity contribution in [3.63, 3.8) is 0 Å². The van der Waals surface area contributed by atoms with Crippen LogP contribution in [0.25, 0.3) is 0 Å². The first-order chi connectivity index (χ1) is 12.3. The lowest BCUT2D eigenvalue weighted by molar-refractivity contribution is 0.392. The number of ether oxygens (including phenoxy) is 2. The predicted octanol–water partition coefficient (Wildman–Crippen LogP) is 3.01. The van der Waals surface area contributed by atoms with Gasteiger partial charge in [-0.05, 0) is 37.1 Å². The molecule has 0 fully saturated rings. The van der Waals surface area contributed by atoms with Crippen molar-refractivity contribution in [3.05, 3.63) is 53.7 Å². The molecule has 0 aliphatic heterocycles. The van der Waals surface area contributed by atoms with Crippen LogP contribution >= 0.6 is 24.0 Å². The van der Waals surface area contributed by atoms with E-state index < -0.39 is 0 Å². The van der Waals surface area contributed by atoms with Gasteiger partial charge in [0.05, 0.1) is 20.8 Å². The van der Waals surface area contributed by atoms with E-state index in [1.807, 2.05) is 31.2 Å². The van der Waals surface area contributed by atoms with Gasteiger partial charge in [-0.25, -0.2) is 9.98 Å². The van der Waals surface area contributed by atoms with E-state index in [1.165, 1.54) is 5.56 Å². The smallest absolute Gasteiger partial charge is 0.218 e. The Bertz CT molecular complexity index is 677. The predicted molar refractivity (Wildman–Crippen MR) is 116 cm³/mol. The number of hydrogen-bond acceptors (Lipinski definition) is 4. The van der Waals surface area contributed by atoms with Crippen molar-refractivity contribution in [2.75, 3.05) is 27.3 Å². The SMILES string of the molecule is CCNC(=NCc1cccnc1OC)NCCc1ccc(OC)cc1.I. The van der Waals surface area contributed by atoms with Crippen LogP contribution in [0.5, 0.6) is 11.6 Å². The van der Waals surface area contributed by atoms with Crippen LogP contribution in [0.4, 0.5) is 0 Å². The van der Waals surface area contributed by atoms with Gasteiger partial charge < -0.3 is 20.1 Å². The summed E-state index contributed by atoms with van der Waals surface area (Å²) in [5.74, 6) is 2.26. The second-order valence-electron chi connectivity index (χ2n) is 5.39. The molecule has 26 heavy (non-hydrogen) atoms. The fourth-order valence-electron chi connectivity index (χ4n) is 2.35. The van der Waals surface area contributed by atoms with Crippen molar-refractivity contribution >= 4 is 29.9 Å². The molecular formula is C19H27IN4O2. The summed E-state index contributed by atoms with van der Waals surface area (Å²) in [6.45, 7) is 4.15. The van der Waals surface area contributed by atoms with E-state index in [4.69, 9.17) is 9.47 Å². The average Bonchev–Trinajstić information content (AvgIpc) is 2.66. The Labute approximate surface area is 172 Å². The molecule has 2 rings (SSSR count). The van der Waals surface area contributed by atoms with Crippen molar-refractivity contribution in [2.45, 2.75) is 19.9 Å². The van der Waals surface area contributed by atoms with Crippen LogP contribution in [-0.4, -0.2) is 38.3 Å². The summed E-state index contributed by atoms with van der Waals surface area (Å²) in [6, 6.07) is 12.0. The molecule has 0 bridgehead atoms. The van der Waals surface area contributed by atoms with Crippen LogP contribution < -0.4 is 20.1 Å². The largest absolute Gasteiger partial charge is 0.497 e. The average molecular weight is 470 g/mol. The summed E-state index contributed by atoms with van der Waals surface area (Å²) < 4.78 is 10.4. The molecule has 0 saturated carbocycles. The minimum absolute atomic E-state index is 0. The van der Waals surface area contributed by atoms with E-state index >= 15 is 0 Å². The fraction of sp³-hybridized carbons (Fsp3) is 0.368. The van der Waals surface area contributed by atoms with E-state index in [-0.39, 0.29) is 24.0 Å². The topological polar surface area (TPSA) is 67.8 Å². The Morgan fingerprint density at radius 3 is 2.50 bits per heavy atom. The van der Waals surface area contributed by atoms with Gasteiger partial charge in [0.25, 0.3) is 0 Å². The van der Waals surface area contributed by atoms with Gasteiger partial charge in [-0.1, -0.05) is 18.2 Å². The van der Waals surface area contributed by atoms with E-state index in [1.54, 1.807) is 20.4 Å². The van der Waals surface area contributed by atoms with Crippen LogP contribution in [0.2, 0.25) is 0 Å². The molecule has 6 nitrogen and oxygen atoms in total. The highest BCUT2D eigenvalue weighted by Gasteiger charge is 2.03. The van der Waals surface area contributed by atoms with Crippen molar-refractivity contribution in [2.24, 2.45) is 4.99 Å². The summed E-state index contributed by atoms with van der Waals surface area (Å²) in [5.41, 5.74) is 2.20. The zero-order valence-electron chi connectivity index (χ0n) is 15.5. The standard InChI is InChI=1S/C19H26N4O2.HI/c1-4-20-19(23-14-16-6-5-12-21-18(16)25-3)22-13-11-15-7-9-17(24-2)10-8-15;/h5-10,12H,4,11,13-14H2,1-3H3,(H2,20,22,23);1H. The fourth-order valence-corrected chi connectivity index (χ4v) is 2.35. The first kappa shape index (κ1) is 22.0. The Hall–Kier alpha value is -2.03. The lowest BCUT2D eigenvalue weighted by Gasteiger charge is -2.12. The molecule has 1 aromatic carbocycles. The van der Waals surface area contributed by atoms with Gasteiger partial charge in [0.1, 0.15) is 5.75 Å². The van der Waals surface area contributed by atoms with E-state index in [0.717, 1.165) is 36.8 Å². The number of pyridine rings is 1. The molecule has 0 amide bonds. The van der Waals surface area contributed by atoms with Crippen LogP contribution in [0.15, 0.2) is 47.6 Å². The number of guanidine groups is 1. The van der Waals surface area contributed by atoms with Gasteiger partial charge in [-0.3, -0.25) is 0 Å². The number of benzene rings is 1. The van der Waals surface area contributed by atoms with Gasteiger partial charge >= 0.3 is 0 Å². The zero-order chi connectivity index (χ0) is 17.9. The quantitative estimate of drug-likeness (QED) is 0.353. The maximum Gasteiger partial charge on any atom is 0.218 e. The number of rotatable bonds is 8. The van der Waals surface area contributed by atoms with E-state index in [9.17, 15) is 0 Å². The third-order valence-corrected chi connectivity index (χ3v) is 3.66. The first-order valence-electron chi connectivity index (χ1n) is 8.39. The lowest BCUT2D eigenvalue weighted by atomic mass is 10.1. The van der Waals surface area contributed by atoms with E-state index in [2.05, 4.69) is 32.7 Å². The molecule has 0 spiro atoms. The van der Waals surface area contributed by atoms with Crippen molar-refractivity contribution < 1.29 is 9.47 Å². The van der Waals surface area contributed by atoms with Gasteiger partial charge in [-0.2, -0.15) is 0 Å². The number of hydrogen-bond donors (Lipinski definition) is 2. The van der Waals surface area contributed by atoms with Crippen molar-refractivity contribution in [3.8, 4) is 11.6 Å². The Morgan fingerprint density at radius 1 is 1.08 bits per heavy atom. The molecule has 142 valence electrons. The number of nitrogens with one attached hydrogen (secondary N) is 2. The number of aromatic nitrogens is 1. The molecule has 2 N–H and O–H groups in total. The third-order valence-electron chi connectivity index (χ3n) is 3.66. The summed E-state index contributed by atoms with van der Waals surface area (Å²) in [6.07, 6.45) is 2.62. The monoisotopic (exact) mass is 470 g/mol. The van der Waals surface area contributed by atoms with Crippen LogP contribution in [0, 0.1) is 0 Å². The maximum atomic E-state index is 5.26. The number of methoxy groups -OCH3 is 2. The molecule has 0 aliphatic rings. The molecule has 7 heteroatoms. The Kier molecular flexibility index (Phi) is 10.5. The van der Waals surface area contributed by atoms with Crippen LogP contribution in [0.1, 0.15) is 18.1 Å². The molecule has 1 heterocycles. The molecule has 0 atom stereocenters. The van der Waals surface area contributed by atoms with Crippen LogP contribution in [0.3, 0.4) is 0 Å². The third kappa shape index (κ3) is 7.07. The molecular weight excluding hydrogens is 443 g/mol. The summed E-state index contributed by atoms with van der Waals surface area (Å²) in [5, 5.41) is 6.60.